The van der Waals surface area contributed by atoms with E-state index in [-0.39, 0.29) is 35.0 Å². The number of esters is 1. The molecule has 36 heavy (non-hydrogen) atoms. The van der Waals surface area contributed by atoms with Crippen LogP contribution in [-0.2, 0) is 14.3 Å². The molecule has 0 aromatic heterocycles. The minimum absolute atomic E-state index is 0.000590. The largest absolute Gasteiger partial charge is 0.507 e. The lowest BCUT2D eigenvalue weighted by Gasteiger charge is -2.40. The second-order valence-electron chi connectivity index (χ2n) is 8.42. The monoisotopic (exact) mass is 506 g/mol. The van der Waals surface area contributed by atoms with Crippen molar-refractivity contribution in [2.24, 2.45) is 0 Å². The molecule has 2 aromatic carbocycles. The van der Waals surface area contributed by atoms with Gasteiger partial charge < -0.3 is 49.2 Å². The first-order valence-electron chi connectivity index (χ1n) is 11.0. The number of rotatable bonds is 6. The van der Waals surface area contributed by atoms with Gasteiger partial charge in [0.25, 0.3) is 0 Å². The van der Waals surface area contributed by atoms with Gasteiger partial charge in [0.05, 0.1) is 13.5 Å². The van der Waals surface area contributed by atoms with Crippen molar-refractivity contribution < 1.29 is 58.8 Å². The standard InChI is InChI=1S/C24H26O12/c1-10(25)33-9-19-21(29)22(30)23(31)24(36-19)34-12-6-14(27)20-15(28)8-16(35-18(20)7-12)11-3-4-13(26)17(5-11)32-2/h3-7,16,19,21-24,26-27,29-31H,8-9H2,1-2H3. The minimum Gasteiger partial charge on any atom is -0.507 e. The normalized spacial score (nSPS) is 27.5. The molecule has 6 unspecified atom stereocenters. The first kappa shape index (κ1) is 25.5. The first-order valence-corrected chi connectivity index (χ1v) is 11.0. The molecule has 12 heteroatoms. The van der Waals surface area contributed by atoms with Crippen LogP contribution >= 0.6 is 0 Å². The molecule has 2 aliphatic rings. The quantitative estimate of drug-likeness (QED) is 0.344. The Morgan fingerprint density at radius 1 is 1.06 bits per heavy atom. The molecule has 12 nitrogen and oxygen atoms in total. The van der Waals surface area contributed by atoms with Crippen LogP contribution < -0.4 is 14.2 Å². The van der Waals surface area contributed by atoms with Crippen molar-refractivity contribution in [1.82, 2.24) is 0 Å². The first-order chi connectivity index (χ1) is 17.1. The summed E-state index contributed by atoms with van der Waals surface area (Å²) in [4.78, 5) is 23.9. The molecule has 0 saturated carbocycles. The molecule has 0 radical (unpaired) electrons. The number of aliphatic hydroxyl groups is 3. The number of hydrogen-bond donors (Lipinski definition) is 5. The molecule has 2 heterocycles. The number of phenolic OH excluding ortho intramolecular Hbond substituents is 2. The van der Waals surface area contributed by atoms with Gasteiger partial charge in [-0.3, -0.25) is 9.59 Å². The summed E-state index contributed by atoms with van der Waals surface area (Å²) in [6.07, 6.45) is -8.47. The number of ketones is 1. The molecule has 2 aromatic rings. The maximum Gasteiger partial charge on any atom is 0.302 e. The zero-order chi connectivity index (χ0) is 26.1. The average Bonchev–Trinajstić information content (AvgIpc) is 2.83. The van der Waals surface area contributed by atoms with Gasteiger partial charge in [0.2, 0.25) is 6.29 Å². The molecular formula is C24H26O12. The van der Waals surface area contributed by atoms with E-state index in [0.717, 1.165) is 13.0 Å². The summed E-state index contributed by atoms with van der Waals surface area (Å²) in [5.41, 5.74) is 0.489. The van der Waals surface area contributed by atoms with Gasteiger partial charge in [0.1, 0.15) is 59.9 Å². The number of carbonyl (C=O) groups is 2. The Labute approximate surface area is 205 Å². The summed E-state index contributed by atoms with van der Waals surface area (Å²) >= 11 is 0. The maximum absolute atomic E-state index is 12.8. The highest BCUT2D eigenvalue weighted by Gasteiger charge is 2.45. The van der Waals surface area contributed by atoms with E-state index < -0.39 is 60.9 Å². The zero-order valence-corrected chi connectivity index (χ0v) is 19.4. The van der Waals surface area contributed by atoms with Crippen LogP contribution in [0.4, 0.5) is 0 Å². The van der Waals surface area contributed by atoms with E-state index >= 15 is 0 Å². The van der Waals surface area contributed by atoms with Crippen molar-refractivity contribution in [3.63, 3.8) is 0 Å². The zero-order valence-electron chi connectivity index (χ0n) is 19.4. The average molecular weight is 506 g/mol. The molecule has 0 bridgehead atoms. The fourth-order valence-electron chi connectivity index (χ4n) is 4.05. The van der Waals surface area contributed by atoms with Gasteiger partial charge in [0, 0.05) is 19.1 Å². The number of ether oxygens (including phenoxy) is 5. The van der Waals surface area contributed by atoms with Crippen molar-refractivity contribution >= 4 is 11.8 Å². The lowest BCUT2D eigenvalue weighted by Crippen LogP contribution is -2.60. The molecule has 194 valence electrons. The molecule has 2 aliphatic heterocycles. The highest BCUT2D eigenvalue weighted by atomic mass is 16.7. The van der Waals surface area contributed by atoms with E-state index in [4.69, 9.17) is 23.7 Å². The highest BCUT2D eigenvalue weighted by molar-refractivity contribution is 6.02. The van der Waals surface area contributed by atoms with Gasteiger partial charge in [-0.25, -0.2) is 0 Å². The third-order valence-corrected chi connectivity index (χ3v) is 5.92. The summed E-state index contributed by atoms with van der Waals surface area (Å²) in [5, 5.41) is 51.0. The van der Waals surface area contributed by atoms with Gasteiger partial charge in [-0.2, -0.15) is 0 Å². The van der Waals surface area contributed by atoms with Gasteiger partial charge in [-0.1, -0.05) is 6.07 Å². The van der Waals surface area contributed by atoms with Crippen LogP contribution in [0.3, 0.4) is 0 Å². The van der Waals surface area contributed by atoms with E-state index in [1.165, 1.54) is 25.3 Å². The SMILES string of the molecule is COc1cc(C2CC(=O)c3c(O)cc(OC4OC(COC(C)=O)C(O)C(O)C4O)cc3O2)ccc1O. The number of carbonyl (C=O) groups excluding carboxylic acids is 2. The summed E-state index contributed by atoms with van der Waals surface area (Å²) in [5.74, 6) is -1.42. The van der Waals surface area contributed by atoms with Gasteiger partial charge >= 0.3 is 5.97 Å². The van der Waals surface area contributed by atoms with Gasteiger partial charge in [-0.15, -0.1) is 0 Å². The Morgan fingerprint density at radius 2 is 1.81 bits per heavy atom. The van der Waals surface area contributed by atoms with Crippen molar-refractivity contribution in [2.45, 2.75) is 50.2 Å². The third kappa shape index (κ3) is 5.02. The van der Waals surface area contributed by atoms with Gasteiger partial charge in [-0.05, 0) is 17.7 Å². The molecule has 1 saturated heterocycles. The second-order valence-corrected chi connectivity index (χ2v) is 8.42. The summed E-state index contributed by atoms with van der Waals surface area (Å²) < 4.78 is 27.0. The number of aromatic hydroxyl groups is 2. The van der Waals surface area contributed by atoms with E-state index in [1.807, 2.05) is 0 Å². The lowest BCUT2D eigenvalue weighted by atomic mass is 9.95. The van der Waals surface area contributed by atoms with Crippen LogP contribution in [0.1, 0.15) is 35.4 Å². The molecule has 0 amide bonds. The third-order valence-electron chi connectivity index (χ3n) is 5.92. The Balaban J connectivity index is 1.57. The summed E-state index contributed by atoms with van der Waals surface area (Å²) in [6, 6.07) is 6.94. The van der Waals surface area contributed by atoms with E-state index in [1.54, 1.807) is 6.07 Å². The number of fused-ring (bicyclic) bond motifs is 1. The van der Waals surface area contributed by atoms with Crippen molar-refractivity contribution in [2.75, 3.05) is 13.7 Å². The van der Waals surface area contributed by atoms with Crippen LogP contribution in [0.15, 0.2) is 30.3 Å². The van der Waals surface area contributed by atoms with Crippen molar-refractivity contribution in [1.29, 1.82) is 0 Å². The number of aliphatic hydroxyl groups excluding tert-OH is 3. The lowest BCUT2D eigenvalue weighted by molar-refractivity contribution is -0.278. The summed E-state index contributed by atoms with van der Waals surface area (Å²) in [6.45, 7) is 0.762. The molecule has 0 aliphatic carbocycles. The molecule has 0 spiro atoms. The molecule has 6 atom stereocenters. The molecule has 5 N–H and O–H groups in total. The maximum atomic E-state index is 12.8. The van der Waals surface area contributed by atoms with E-state index in [9.17, 15) is 35.1 Å². The van der Waals surface area contributed by atoms with E-state index in [0.29, 0.717) is 5.56 Å². The number of benzene rings is 2. The molecule has 1 fully saturated rings. The fourth-order valence-corrected chi connectivity index (χ4v) is 4.05. The summed E-state index contributed by atoms with van der Waals surface area (Å²) in [7, 11) is 1.39. The minimum atomic E-state index is -1.69. The van der Waals surface area contributed by atoms with Crippen LogP contribution in [0, 0.1) is 0 Å². The predicted molar refractivity (Wildman–Crippen MR) is 119 cm³/mol. The van der Waals surface area contributed by atoms with Crippen LogP contribution in [0.5, 0.6) is 28.7 Å². The fraction of sp³-hybridized carbons (Fsp3) is 0.417. The Hall–Kier alpha value is -3.58. The second kappa shape index (κ2) is 10.2. The van der Waals surface area contributed by atoms with Crippen molar-refractivity contribution in [3.05, 3.63) is 41.5 Å². The van der Waals surface area contributed by atoms with Crippen molar-refractivity contribution in [3.8, 4) is 28.7 Å². The van der Waals surface area contributed by atoms with E-state index in [2.05, 4.69) is 0 Å². The van der Waals surface area contributed by atoms with Crippen LogP contribution in [0.25, 0.3) is 0 Å². The smallest absolute Gasteiger partial charge is 0.302 e. The Kier molecular flexibility index (Phi) is 7.22. The topological polar surface area (TPSA) is 181 Å². The van der Waals surface area contributed by atoms with Crippen LogP contribution in [0.2, 0.25) is 0 Å². The number of phenols is 2. The highest BCUT2D eigenvalue weighted by Crippen LogP contribution is 2.43. The number of Topliss-reactive ketones (excluding diaryl/α,β-unsaturated/α-hetero) is 1. The Morgan fingerprint density at radius 3 is 2.50 bits per heavy atom. The van der Waals surface area contributed by atoms with Crippen LogP contribution in [-0.4, -0.2) is 81.7 Å². The molecular weight excluding hydrogens is 480 g/mol. The predicted octanol–water partition coefficient (Wildman–Crippen LogP) is 0.562. The Bertz CT molecular complexity index is 1150. The molecule has 4 rings (SSSR count). The van der Waals surface area contributed by atoms with Gasteiger partial charge in [0.15, 0.2) is 17.3 Å². The number of hydrogen-bond acceptors (Lipinski definition) is 12. The number of methoxy groups -OCH3 is 1.